The van der Waals surface area contributed by atoms with Crippen molar-refractivity contribution in [2.45, 2.75) is 19.4 Å². The summed E-state index contributed by atoms with van der Waals surface area (Å²) < 4.78 is 3.89. The molecule has 3 aromatic rings. The summed E-state index contributed by atoms with van der Waals surface area (Å²) in [6.07, 6.45) is 5.31. The molecule has 2 aromatic heterocycles. The highest BCUT2D eigenvalue weighted by Gasteiger charge is 2.23. The van der Waals surface area contributed by atoms with Crippen LogP contribution in [-0.2, 0) is 13.6 Å². The molecule has 0 radical (unpaired) electrons. The summed E-state index contributed by atoms with van der Waals surface area (Å²) in [6, 6.07) is 9.75. The largest absolute Gasteiger partial charge is 0.342 e. The number of fused-ring (bicyclic) bond motifs is 1. The Morgan fingerprint density at radius 2 is 1.96 bits per heavy atom. The summed E-state index contributed by atoms with van der Waals surface area (Å²) in [6.45, 7) is 2.69. The molecule has 0 N–H and O–H groups in total. The molecule has 0 bridgehead atoms. The van der Waals surface area contributed by atoms with E-state index >= 15 is 0 Å². The average molecular weight is 323 g/mol. The van der Waals surface area contributed by atoms with Crippen molar-refractivity contribution in [3.05, 3.63) is 53.2 Å². The second-order valence-corrected chi connectivity index (χ2v) is 6.46. The summed E-state index contributed by atoms with van der Waals surface area (Å²) >= 11 is 0. The van der Waals surface area contributed by atoms with Gasteiger partial charge in [-0.2, -0.15) is 0 Å². The molecule has 0 amide bonds. The number of piperidine rings is 1. The first-order chi connectivity index (χ1) is 11.7. The molecule has 0 saturated carbocycles. The molecule has 24 heavy (non-hydrogen) atoms. The van der Waals surface area contributed by atoms with E-state index in [4.69, 9.17) is 4.98 Å². The number of hydrogen-bond acceptors (Lipinski definition) is 4. The van der Waals surface area contributed by atoms with Gasteiger partial charge in [0.05, 0.1) is 17.4 Å². The standard InChI is InChI=1S/C18H21N5O/c1-21-16-5-3-2-4-15(16)20-18(21)22-10-7-14(8-11-22)12-23-13-19-9-6-17(23)24/h2-6,9,13-14H,7-8,10-12H2,1H3. The number of benzene rings is 1. The van der Waals surface area contributed by atoms with Crippen LogP contribution >= 0.6 is 0 Å². The molecule has 124 valence electrons. The maximum Gasteiger partial charge on any atom is 0.253 e. The zero-order valence-corrected chi connectivity index (χ0v) is 13.8. The van der Waals surface area contributed by atoms with Crippen LogP contribution in [0.1, 0.15) is 12.8 Å². The third-order valence-electron chi connectivity index (χ3n) is 4.91. The van der Waals surface area contributed by atoms with Crippen molar-refractivity contribution in [2.75, 3.05) is 18.0 Å². The molecule has 0 spiro atoms. The third kappa shape index (κ3) is 2.68. The molecular formula is C18H21N5O. The Bertz CT molecular complexity index is 905. The maximum absolute atomic E-state index is 11.8. The van der Waals surface area contributed by atoms with Gasteiger partial charge in [-0.1, -0.05) is 12.1 Å². The molecule has 1 aromatic carbocycles. The molecule has 4 rings (SSSR count). The Kier molecular flexibility index (Phi) is 3.80. The van der Waals surface area contributed by atoms with Gasteiger partial charge >= 0.3 is 0 Å². The fourth-order valence-corrected chi connectivity index (χ4v) is 3.52. The van der Waals surface area contributed by atoms with Crippen molar-refractivity contribution in [1.82, 2.24) is 19.1 Å². The number of imidazole rings is 1. The van der Waals surface area contributed by atoms with E-state index in [2.05, 4.69) is 33.6 Å². The quantitative estimate of drug-likeness (QED) is 0.740. The highest BCUT2D eigenvalue weighted by molar-refractivity contribution is 5.78. The van der Waals surface area contributed by atoms with Crippen molar-refractivity contribution in [1.29, 1.82) is 0 Å². The van der Waals surface area contributed by atoms with Gasteiger partial charge in [0.25, 0.3) is 5.56 Å². The summed E-state index contributed by atoms with van der Waals surface area (Å²) in [5.41, 5.74) is 2.23. The smallest absolute Gasteiger partial charge is 0.253 e. The van der Waals surface area contributed by atoms with Gasteiger partial charge in [0.1, 0.15) is 0 Å². The van der Waals surface area contributed by atoms with Gasteiger partial charge in [0, 0.05) is 38.9 Å². The van der Waals surface area contributed by atoms with Gasteiger partial charge in [0.2, 0.25) is 5.95 Å². The van der Waals surface area contributed by atoms with E-state index in [0.29, 0.717) is 5.92 Å². The lowest BCUT2D eigenvalue weighted by Crippen LogP contribution is -2.37. The zero-order chi connectivity index (χ0) is 16.5. The topological polar surface area (TPSA) is 56.0 Å². The molecule has 3 heterocycles. The molecule has 6 heteroatoms. The first-order valence-corrected chi connectivity index (χ1v) is 8.39. The van der Waals surface area contributed by atoms with Crippen molar-refractivity contribution in [3.8, 4) is 0 Å². The first-order valence-electron chi connectivity index (χ1n) is 8.39. The Labute approximate surface area is 140 Å². The Balaban J connectivity index is 1.47. The van der Waals surface area contributed by atoms with Crippen LogP contribution in [0, 0.1) is 5.92 Å². The molecule has 1 saturated heterocycles. The maximum atomic E-state index is 11.8. The Morgan fingerprint density at radius 1 is 1.17 bits per heavy atom. The van der Waals surface area contributed by atoms with Crippen LogP contribution in [-0.4, -0.2) is 32.2 Å². The lowest BCUT2D eigenvalue weighted by atomic mass is 9.97. The number of aromatic nitrogens is 4. The molecule has 1 aliphatic heterocycles. The Morgan fingerprint density at radius 3 is 2.71 bits per heavy atom. The number of rotatable bonds is 3. The van der Waals surface area contributed by atoms with E-state index in [1.807, 2.05) is 12.1 Å². The van der Waals surface area contributed by atoms with E-state index in [1.54, 1.807) is 17.1 Å². The fraction of sp³-hybridized carbons (Fsp3) is 0.389. The third-order valence-corrected chi connectivity index (χ3v) is 4.91. The fourth-order valence-electron chi connectivity index (χ4n) is 3.52. The van der Waals surface area contributed by atoms with Crippen LogP contribution < -0.4 is 10.5 Å². The second-order valence-electron chi connectivity index (χ2n) is 6.46. The van der Waals surface area contributed by atoms with Gasteiger partial charge < -0.3 is 9.47 Å². The second kappa shape index (κ2) is 6.11. The van der Waals surface area contributed by atoms with Gasteiger partial charge in [-0.05, 0) is 30.9 Å². The SMILES string of the molecule is Cn1c(N2CCC(Cn3cnccc3=O)CC2)nc2ccccc21. The molecule has 1 aliphatic rings. The van der Waals surface area contributed by atoms with Crippen LogP contribution in [0.25, 0.3) is 11.0 Å². The number of aryl methyl sites for hydroxylation is 1. The monoisotopic (exact) mass is 323 g/mol. The highest BCUT2D eigenvalue weighted by Crippen LogP contribution is 2.26. The average Bonchev–Trinajstić information content (AvgIpc) is 2.95. The van der Waals surface area contributed by atoms with Crippen LogP contribution in [0.4, 0.5) is 5.95 Å². The van der Waals surface area contributed by atoms with Crippen molar-refractivity contribution in [3.63, 3.8) is 0 Å². The van der Waals surface area contributed by atoms with Gasteiger partial charge in [-0.25, -0.2) is 9.97 Å². The zero-order valence-electron chi connectivity index (χ0n) is 13.8. The van der Waals surface area contributed by atoms with E-state index in [0.717, 1.165) is 49.5 Å². The van der Waals surface area contributed by atoms with Crippen LogP contribution in [0.15, 0.2) is 47.7 Å². The number of nitrogens with zero attached hydrogens (tertiary/aromatic N) is 5. The number of anilines is 1. The predicted octanol–water partition coefficient (Wildman–Crippen LogP) is 2.05. The normalized spacial score (nSPS) is 16.0. The minimum absolute atomic E-state index is 0.0304. The minimum atomic E-state index is 0.0304. The highest BCUT2D eigenvalue weighted by atomic mass is 16.1. The van der Waals surface area contributed by atoms with Crippen molar-refractivity contribution >= 4 is 17.0 Å². The number of hydrogen-bond donors (Lipinski definition) is 0. The van der Waals surface area contributed by atoms with E-state index in [-0.39, 0.29) is 5.56 Å². The Hall–Kier alpha value is -2.63. The van der Waals surface area contributed by atoms with Crippen LogP contribution in [0.3, 0.4) is 0 Å². The predicted molar refractivity (Wildman–Crippen MR) is 94.1 cm³/mol. The lowest BCUT2D eigenvalue weighted by Gasteiger charge is -2.32. The first kappa shape index (κ1) is 14.9. The molecule has 0 atom stereocenters. The molecule has 6 nitrogen and oxygen atoms in total. The van der Waals surface area contributed by atoms with Crippen LogP contribution in [0.2, 0.25) is 0 Å². The molecular weight excluding hydrogens is 302 g/mol. The van der Waals surface area contributed by atoms with E-state index in [9.17, 15) is 4.79 Å². The molecule has 1 fully saturated rings. The van der Waals surface area contributed by atoms with E-state index in [1.165, 1.54) is 6.07 Å². The van der Waals surface area contributed by atoms with Gasteiger partial charge in [-0.15, -0.1) is 0 Å². The van der Waals surface area contributed by atoms with Gasteiger partial charge in [0.15, 0.2) is 0 Å². The lowest BCUT2D eigenvalue weighted by molar-refractivity contribution is 0.348. The van der Waals surface area contributed by atoms with Crippen molar-refractivity contribution in [2.24, 2.45) is 13.0 Å². The molecule has 0 unspecified atom stereocenters. The number of para-hydroxylation sites is 2. The van der Waals surface area contributed by atoms with Gasteiger partial charge in [-0.3, -0.25) is 9.36 Å². The van der Waals surface area contributed by atoms with E-state index < -0.39 is 0 Å². The summed E-state index contributed by atoms with van der Waals surface area (Å²) in [5, 5.41) is 0. The van der Waals surface area contributed by atoms with Crippen LogP contribution in [0.5, 0.6) is 0 Å². The minimum Gasteiger partial charge on any atom is -0.342 e. The summed E-state index contributed by atoms with van der Waals surface area (Å²) in [5.74, 6) is 1.55. The summed E-state index contributed by atoms with van der Waals surface area (Å²) in [4.78, 5) is 23.0. The van der Waals surface area contributed by atoms with Crippen molar-refractivity contribution < 1.29 is 0 Å². The molecule has 0 aliphatic carbocycles. The summed E-state index contributed by atoms with van der Waals surface area (Å²) in [7, 11) is 2.08.